The standard InChI is InChI=1S/C27H29N3O3.2C2HF3O2/c1-33-27(32)25-10-4-9-24(17-25)26(31)29-18-20-5-2-7-22(15-20)23-8-3-6-21(16-23)19-30-13-11-28-12-14-30;2*3-2(4,5)1(6)7/h2-10,15-17,28H,11-14,18-19H2,1H3,(H,29,31);2*(H,6,7). The van der Waals surface area contributed by atoms with E-state index in [0.29, 0.717) is 17.7 Å². The lowest BCUT2D eigenvalue weighted by atomic mass is 10.0. The molecule has 254 valence electrons. The number of carboxylic acid groups (broad SMARTS) is 2. The molecule has 0 spiro atoms. The fourth-order valence-corrected chi connectivity index (χ4v) is 4.03. The van der Waals surface area contributed by atoms with E-state index in [1.54, 1.807) is 24.3 Å². The van der Waals surface area contributed by atoms with E-state index in [9.17, 15) is 35.9 Å². The van der Waals surface area contributed by atoms with Crippen LogP contribution < -0.4 is 10.6 Å². The molecule has 0 bridgehead atoms. The molecule has 1 fully saturated rings. The highest BCUT2D eigenvalue weighted by atomic mass is 19.4. The Morgan fingerprint density at radius 1 is 0.766 bits per heavy atom. The second kappa shape index (κ2) is 17.7. The van der Waals surface area contributed by atoms with Crippen molar-refractivity contribution < 1.29 is 60.5 Å². The Balaban J connectivity index is 0.000000459. The van der Waals surface area contributed by atoms with Crippen LogP contribution >= 0.6 is 0 Å². The van der Waals surface area contributed by atoms with Gasteiger partial charge in [-0.3, -0.25) is 9.69 Å². The van der Waals surface area contributed by atoms with Gasteiger partial charge in [-0.15, -0.1) is 0 Å². The average Bonchev–Trinajstić information content (AvgIpc) is 3.03. The summed E-state index contributed by atoms with van der Waals surface area (Å²) in [6.07, 6.45) is -10.2. The molecule has 0 radical (unpaired) electrons. The first-order chi connectivity index (χ1) is 22.0. The van der Waals surface area contributed by atoms with Crippen LogP contribution in [0.5, 0.6) is 0 Å². The third-order valence-corrected chi connectivity index (χ3v) is 6.29. The molecule has 0 atom stereocenters. The number of amides is 1. The SMILES string of the molecule is COC(=O)c1cccc(C(=O)NCc2cccc(-c3cccc(CN4CCNCC4)c3)c2)c1.O=C(O)C(F)(F)F.O=C(O)C(F)(F)F. The third kappa shape index (κ3) is 13.5. The molecule has 4 rings (SSSR count). The van der Waals surface area contributed by atoms with Gasteiger partial charge < -0.3 is 25.6 Å². The lowest BCUT2D eigenvalue weighted by Gasteiger charge is -2.27. The van der Waals surface area contributed by atoms with E-state index in [0.717, 1.165) is 43.9 Å². The number of piperazine rings is 1. The van der Waals surface area contributed by atoms with Crippen LogP contribution in [0.15, 0.2) is 72.8 Å². The average molecular weight is 672 g/mol. The summed E-state index contributed by atoms with van der Waals surface area (Å²) >= 11 is 0. The van der Waals surface area contributed by atoms with Gasteiger partial charge in [-0.1, -0.05) is 42.5 Å². The number of rotatable bonds is 7. The molecule has 1 saturated heterocycles. The Bertz CT molecular complexity index is 1500. The quantitative estimate of drug-likeness (QED) is 0.207. The van der Waals surface area contributed by atoms with Crippen LogP contribution in [0.3, 0.4) is 0 Å². The Kier molecular flexibility index (Phi) is 14.4. The van der Waals surface area contributed by atoms with Gasteiger partial charge >= 0.3 is 30.3 Å². The maximum absolute atomic E-state index is 12.6. The molecule has 47 heavy (non-hydrogen) atoms. The highest BCUT2D eigenvalue weighted by molar-refractivity contribution is 5.97. The third-order valence-electron chi connectivity index (χ3n) is 6.29. The van der Waals surface area contributed by atoms with Gasteiger partial charge in [0.05, 0.1) is 12.7 Å². The van der Waals surface area contributed by atoms with Crippen molar-refractivity contribution in [3.63, 3.8) is 0 Å². The summed E-state index contributed by atoms with van der Waals surface area (Å²) in [5.74, 6) is -6.21. The fourth-order valence-electron chi connectivity index (χ4n) is 4.03. The molecule has 1 heterocycles. The minimum absolute atomic E-state index is 0.232. The number of carbonyl (C=O) groups excluding carboxylic acids is 2. The number of carboxylic acids is 2. The van der Waals surface area contributed by atoms with Crippen molar-refractivity contribution in [1.29, 1.82) is 0 Å². The first-order valence-electron chi connectivity index (χ1n) is 13.7. The van der Waals surface area contributed by atoms with Crippen LogP contribution in [-0.2, 0) is 27.4 Å². The smallest absolute Gasteiger partial charge is 0.475 e. The molecule has 16 heteroatoms. The van der Waals surface area contributed by atoms with Crippen molar-refractivity contribution in [1.82, 2.24) is 15.5 Å². The van der Waals surface area contributed by atoms with Gasteiger partial charge in [-0.05, 0) is 52.6 Å². The maximum atomic E-state index is 12.6. The van der Waals surface area contributed by atoms with Crippen LogP contribution in [0.4, 0.5) is 26.3 Å². The number of nitrogens with zero attached hydrogens (tertiary/aromatic N) is 1. The largest absolute Gasteiger partial charge is 0.490 e. The number of esters is 1. The van der Waals surface area contributed by atoms with Crippen LogP contribution in [0, 0.1) is 0 Å². The Morgan fingerprint density at radius 2 is 1.23 bits per heavy atom. The molecular formula is C31H31F6N3O7. The topological polar surface area (TPSA) is 145 Å². The summed E-state index contributed by atoms with van der Waals surface area (Å²) in [6, 6.07) is 23.4. The molecule has 4 N–H and O–H groups in total. The van der Waals surface area contributed by atoms with Crippen molar-refractivity contribution in [2.24, 2.45) is 0 Å². The van der Waals surface area contributed by atoms with Crippen molar-refractivity contribution in [3.05, 3.63) is 95.1 Å². The minimum atomic E-state index is -5.08. The molecule has 1 aliphatic rings. The molecule has 0 aliphatic carbocycles. The van der Waals surface area contributed by atoms with Gasteiger partial charge in [-0.25, -0.2) is 14.4 Å². The maximum Gasteiger partial charge on any atom is 0.490 e. The van der Waals surface area contributed by atoms with E-state index in [1.165, 1.54) is 18.2 Å². The molecular weight excluding hydrogens is 640 g/mol. The molecule has 1 aliphatic heterocycles. The number of carbonyl (C=O) groups is 4. The number of alkyl halides is 6. The molecule has 0 saturated carbocycles. The van der Waals surface area contributed by atoms with Gasteiger partial charge in [0.2, 0.25) is 0 Å². The van der Waals surface area contributed by atoms with E-state index in [2.05, 4.69) is 51.9 Å². The highest BCUT2D eigenvalue weighted by Gasteiger charge is 2.38. The van der Waals surface area contributed by atoms with Gasteiger partial charge in [-0.2, -0.15) is 26.3 Å². The van der Waals surface area contributed by atoms with Gasteiger partial charge in [0, 0.05) is 44.8 Å². The van der Waals surface area contributed by atoms with Crippen molar-refractivity contribution in [3.8, 4) is 11.1 Å². The zero-order chi connectivity index (χ0) is 35.2. The molecule has 0 aromatic heterocycles. The molecule has 1 amide bonds. The Hall–Kier alpha value is -4.96. The van der Waals surface area contributed by atoms with Crippen LogP contribution in [0.1, 0.15) is 31.8 Å². The van der Waals surface area contributed by atoms with E-state index < -0.39 is 30.3 Å². The summed E-state index contributed by atoms with van der Waals surface area (Å²) in [5, 5.41) is 20.6. The predicted molar refractivity (Wildman–Crippen MR) is 156 cm³/mol. The summed E-state index contributed by atoms with van der Waals surface area (Å²) in [7, 11) is 1.32. The number of hydrogen-bond acceptors (Lipinski definition) is 7. The predicted octanol–water partition coefficient (Wildman–Crippen LogP) is 4.74. The molecule has 10 nitrogen and oxygen atoms in total. The number of benzene rings is 3. The monoisotopic (exact) mass is 671 g/mol. The zero-order valence-electron chi connectivity index (χ0n) is 24.8. The van der Waals surface area contributed by atoms with E-state index in [4.69, 9.17) is 24.5 Å². The van der Waals surface area contributed by atoms with Gasteiger partial charge in [0.25, 0.3) is 5.91 Å². The summed E-state index contributed by atoms with van der Waals surface area (Å²) in [5.41, 5.74) is 5.39. The molecule has 0 unspecified atom stereocenters. The highest BCUT2D eigenvalue weighted by Crippen LogP contribution is 2.23. The van der Waals surface area contributed by atoms with E-state index in [-0.39, 0.29) is 5.91 Å². The van der Waals surface area contributed by atoms with Crippen LogP contribution in [0.2, 0.25) is 0 Å². The van der Waals surface area contributed by atoms with Crippen molar-refractivity contribution in [2.45, 2.75) is 25.4 Å². The number of ether oxygens (including phenoxy) is 1. The second-order valence-electron chi connectivity index (χ2n) is 9.79. The number of nitrogens with one attached hydrogen (secondary N) is 2. The fraction of sp³-hybridized carbons (Fsp3) is 0.290. The van der Waals surface area contributed by atoms with E-state index >= 15 is 0 Å². The second-order valence-corrected chi connectivity index (χ2v) is 9.79. The van der Waals surface area contributed by atoms with Crippen molar-refractivity contribution >= 4 is 23.8 Å². The summed E-state index contributed by atoms with van der Waals surface area (Å²) < 4.78 is 68.2. The van der Waals surface area contributed by atoms with E-state index in [1.807, 2.05) is 12.1 Å². The molecule has 3 aromatic rings. The Labute approximate surface area is 264 Å². The van der Waals surface area contributed by atoms with Crippen molar-refractivity contribution in [2.75, 3.05) is 33.3 Å². The normalized spacial score (nSPS) is 13.2. The summed E-state index contributed by atoms with van der Waals surface area (Å²) in [6.45, 7) is 5.58. The number of hydrogen-bond donors (Lipinski definition) is 4. The van der Waals surface area contributed by atoms with Crippen LogP contribution in [0.25, 0.3) is 11.1 Å². The zero-order valence-corrected chi connectivity index (χ0v) is 24.8. The first-order valence-corrected chi connectivity index (χ1v) is 13.7. The number of halogens is 6. The number of aliphatic carboxylic acids is 2. The van der Waals surface area contributed by atoms with Gasteiger partial charge in [0.1, 0.15) is 0 Å². The van der Waals surface area contributed by atoms with Crippen LogP contribution in [-0.4, -0.2) is 84.6 Å². The molecule has 3 aromatic carbocycles. The first kappa shape index (κ1) is 38.2. The number of methoxy groups -OCH3 is 1. The lowest BCUT2D eigenvalue weighted by Crippen LogP contribution is -2.42. The minimum Gasteiger partial charge on any atom is -0.475 e. The summed E-state index contributed by atoms with van der Waals surface area (Å²) in [4.78, 5) is 44.6. The Morgan fingerprint density at radius 3 is 1.74 bits per heavy atom. The lowest BCUT2D eigenvalue weighted by molar-refractivity contribution is -0.193. The van der Waals surface area contributed by atoms with Gasteiger partial charge in [0.15, 0.2) is 0 Å².